The van der Waals surface area contributed by atoms with E-state index in [1.807, 2.05) is 30.0 Å². The molecule has 13 heteroatoms. The van der Waals surface area contributed by atoms with Gasteiger partial charge < -0.3 is 29.0 Å². The number of halogens is 1. The first kappa shape index (κ1) is 37.3. The van der Waals surface area contributed by atoms with Crippen LogP contribution in [-0.2, 0) is 16.1 Å². The zero-order valence-corrected chi connectivity index (χ0v) is 32.2. The minimum absolute atomic E-state index is 0.0258. The van der Waals surface area contributed by atoms with Crippen molar-refractivity contribution in [3.8, 4) is 29.3 Å². The van der Waals surface area contributed by atoms with Gasteiger partial charge in [0.2, 0.25) is 17.7 Å². The predicted octanol–water partition coefficient (Wildman–Crippen LogP) is 7.90. The molecule has 4 atom stereocenters. The van der Waals surface area contributed by atoms with Gasteiger partial charge >= 0.3 is 11.9 Å². The molecule has 56 heavy (non-hydrogen) atoms. The van der Waals surface area contributed by atoms with E-state index in [-0.39, 0.29) is 17.9 Å². The second kappa shape index (κ2) is 15.1. The number of benzene rings is 3. The quantitative estimate of drug-likeness (QED) is 0.141. The number of ether oxygens (including phenoxy) is 2. The number of piperidine rings is 1. The molecular weight excluding hydrogens is 734 g/mol. The number of carboxylic acids is 2. The number of anilines is 1. The summed E-state index contributed by atoms with van der Waals surface area (Å²) in [7, 11) is 1.55. The maximum absolute atomic E-state index is 11.7. The van der Waals surface area contributed by atoms with Crippen molar-refractivity contribution in [3.63, 3.8) is 0 Å². The number of carboxylic acid groups (broad SMARTS) is 2. The van der Waals surface area contributed by atoms with Crippen LogP contribution in [0.25, 0.3) is 22.6 Å². The van der Waals surface area contributed by atoms with Crippen molar-refractivity contribution in [1.29, 1.82) is 5.26 Å². The normalized spacial score (nSPS) is 20.9. The van der Waals surface area contributed by atoms with Gasteiger partial charge in [0.25, 0.3) is 0 Å². The Morgan fingerprint density at radius 2 is 1.73 bits per heavy atom. The molecule has 12 nitrogen and oxygen atoms in total. The highest BCUT2D eigenvalue weighted by molar-refractivity contribution is 6.31. The minimum Gasteiger partial charge on any atom is -0.481 e. The number of nitriles is 1. The van der Waals surface area contributed by atoms with Crippen molar-refractivity contribution < 1.29 is 33.7 Å². The van der Waals surface area contributed by atoms with Crippen LogP contribution in [0.4, 0.5) is 5.69 Å². The van der Waals surface area contributed by atoms with Crippen LogP contribution in [0.2, 0.25) is 5.02 Å². The van der Waals surface area contributed by atoms with Crippen molar-refractivity contribution in [1.82, 2.24) is 14.9 Å². The summed E-state index contributed by atoms with van der Waals surface area (Å²) >= 11 is 6.84. The van der Waals surface area contributed by atoms with Crippen LogP contribution >= 0.6 is 11.6 Å². The first-order chi connectivity index (χ1) is 27.0. The van der Waals surface area contributed by atoms with Gasteiger partial charge in [0.05, 0.1) is 24.5 Å². The average Bonchev–Trinajstić information content (AvgIpc) is 3.95. The van der Waals surface area contributed by atoms with Crippen molar-refractivity contribution >= 4 is 40.3 Å². The highest BCUT2D eigenvalue weighted by Gasteiger charge is 2.36. The Morgan fingerprint density at radius 3 is 2.46 bits per heavy atom. The van der Waals surface area contributed by atoms with E-state index in [4.69, 9.17) is 35.5 Å². The second-order valence-corrected chi connectivity index (χ2v) is 15.5. The number of aromatic nitrogens is 2. The zero-order valence-electron chi connectivity index (χ0n) is 31.4. The van der Waals surface area contributed by atoms with E-state index < -0.39 is 23.8 Å². The number of hydrogen-bond acceptors (Lipinski definition) is 10. The molecule has 5 aromatic rings. The molecule has 2 aromatic heterocycles. The molecule has 0 bridgehead atoms. The van der Waals surface area contributed by atoms with E-state index in [0.717, 1.165) is 57.6 Å². The lowest BCUT2D eigenvalue weighted by molar-refractivity contribution is -0.144. The van der Waals surface area contributed by atoms with Gasteiger partial charge in [-0.05, 0) is 92.6 Å². The molecule has 0 amide bonds. The SMILES string of the molecule is COc1nc(OC2CC(c3cc(-c4nc5c(C)c(N6CCC(C(=O)O)C6)cc(C#N)c5o4)ccc3C)c3ccccc32)c(Cl)cc1CN1CCCC(C(=O)O)C1. The van der Waals surface area contributed by atoms with E-state index >= 15 is 0 Å². The topological polar surface area (TPSA) is 162 Å². The summed E-state index contributed by atoms with van der Waals surface area (Å²) in [6.45, 7) is 6.69. The molecule has 0 saturated carbocycles. The van der Waals surface area contributed by atoms with Crippen LogP contribution < -0.4 is 14.4 Å². The fourth-order valence-electron chi connectivity index (χ4n) is 8.69. The van der Waals surface area contributed by atoms with Crippen LogP contribution in [0.5, 0.6) is 11.8 Å². The molecule has 8 rings (SSSR count). The summed E-state index contributed by atoms with van der Waals surface area (Å²) < 4.78 is 18.6. The first-order valence-electron chi connectivity index (χ1n) is 18.9. The van der Waals surface area contributed by atoms with Crippen LogP contribution in [0.15, 0.2) is 59.0 Å². The maximum Gasteiger partial charge on any atom is 0.308 e. The Labute approximate surface area is 329 Å². The Bertz CT molecular complexity index is 2410. The molecule has 2 saturated heterocycles. The predicted molar refractivity (Wildman–Crippen MR) is 209 cm³/mol. The van der Waals surface area contributed by atoms with E-state index in [0.29, 0.717) is 78.9 Å². The number of likely N-dealkylation sites (tertiary alicyclic amines) is 1. The van der Waals surface area contributed by atoms with Gasteiger partial charge in [-0.1, -0.05) is 41.9 Å². The minimum atomic E-state index is -0.814. The van der Waals surface area contributed by atoms with Gasteiger partial charge in [-0.15, -0.1) is 0 Å². The Kier molecular flexibility index (Phi) is 10.1. The van der Waals surface area contributed by atoms with Crippen LogP contribution in [-0.4, -0.2) is 70.3 Å². The number of pyridine rings is 1. The molecule has 0 spiro atoms. The third-order valence-electron chi connectivity index (χ3n) is 11.6. The van der Waals surface area contributed by atoms with Crippen molar-refractivity contribution in [2.45, 2.75) is 58.1 Å². The number of carbonyl (C=O) groups is 2. The van der Waals surface area contributed by atoms with E-state index in [2.05, 4.69) is 42.2 Å². The lowest BCUT2D eigenvalue weighted by atomic mass is 9.88. The fraction of sp³-hybridized carbons (Fsp3) is 0.372. The van der Waals surface area contributed by atoms with Gasteiger partial charge in [-0.2, -0.15) is 10.2 Å². The van der Waals surface area contributed by atoms with Gasteiger partial charge in [0, 0.05) is 54.5 Å². The van der Waals surface area contributed by atoms with E-state index in [1.54, 1.807) is 19.2 Å². The highest BCUT2D eigenvalue weighted by Crippen LogP contribution is 2.48. The largest absolute Gasteiger partial charge is 0.481 e. The van der Waals surface area contributed by atoms with Gasteiger partial charge in [0.15, 0.2) is 5.58 Å². The summed E-state index contributed by atoms with van der Waals surface area (Å²) in [4.78, 5) is 37.1. The lowest BCUT2D eigenvalue weighted by Gasteiger charge is -2.30. The second-order valence-electron chi connectivity index (χ2n) is 15.1. The summed E-state index contributed by atoms with van der Waals surface area (Å²) in [5.41, 5.74) is 8.87. The van der Waals surface area contributed by atoms with Crippen molar-refractivity contribution in [2.75, 3.05) is 38.2 Å². The summed E-state index contributed by atoms with van der Waals surface area (Å²) in [6, 6.07) is 20.2. The number of hydrogen-bond donors (Lipinski definition) is 2. The Morgan fingerprint density at radius 1 is 0.964 bits per heavy atom. The molecule has 4 heterocycles. The number of aliphatic carboxylic acids is 2. The first-order valence-corrected chi connectivity index (χ1v) is 19.3. The molecule has 2 N–H and O–H groups in total. The number of methoxy groups -OCH3 is 1. The molecule has 3 aliphatic rings. The number of nitrogens with zero attached hydrogens (tertiary/aromatic N) is 5. The summed E-state index contributed by atoms with van der Waals surface area (Å²) in [6.07, 6.45) is 2.29. The average molecular weight is 776 g/mol. The molecule has 4 unspecified atom stereocenters. The smallest absolute Gasteiger partial charge is 0.308 e. The van der Waals surface area contributed by atoms with Crippen LogP contribution in [0.1, 0.15) is 76.6 Å². The third-order valence-corrected chi connectivity index (χ3v) is 11.9. The lowest BCUT2D eigenvalue weighted by Crippen LogP contribution is -2.38. The molecule has 3 aromatic carbocycles. The van der Waals surface area contributed by atoms with Gasteiger partial charge in [0.1, 0.15) is 22.7 Å². The summed E-state index contributed by atoms with van der Waals surface area (Å²) in [5, 5.41) is 29.6. The molecule has 2 aliphatic heterocycles. The number of oxazole rings is 1. The van der Waals surface area contributed by atoms with E-state index in [9.17, 15) is 25.1 Å². The fourth-order valence-corrected chi connectivity index (χ4v) is 8.91. The van der Waals surface area contributed by atoms with Crippen molar-refractivity contribution in [2.24, 2.45) is 11.8 Å². The monoisotopic (exact) mass is 775 g/mol. The number of aryl methyl sites for hydroxylation is 2. The van der Waals surface area contributed by atoms with Crippen LogP contribution in [0, 0.1) is 37.0 Å². The van der Waals surface area contributed by atoms with Gasteiger partial charge in [-0.25, -0.2) is 4.98 Å². The highest BCUT2D eigenvalue weighted by atomic mass is 35.5. The number of fused-ring (bicyclic) bond motifs is 2. The molecule has 1 aliphatic carbocycles. The zero-order chi connectivity index (χ0) is 39.2. The molecule has 2 fully saturated rings. The van der Waals surface area contributed by atoms with E-state index in [1.165, 1.54) is 0 Å². The molecule has 0 radical (unpaired) electrons. The van der Waals surface area contributed by atoms with Crippen molar-refractivity contribution in [3.05, 3.63) is 98.6 Å². The Balaban J connectivity index is 1.07. The van der Waals surface area contributed by atoms with Gasteiger partial charge in [-0.3, -0.25) is 14.5 Å². The number of rotatable bonds is 10. The summed E-state index contributed by atoms with van der Waals surface area (Å²) in [5.74, 6) is -1.42. The van der Waals surface area contributed by atoms with Crippen LogP contribution in [0.3, 0.4) is 0 Å². The third kappa shape index (κ3) is 6.90. The Hall–Kier alpha value is -5.64. The molecule has 288 valence electrons. The standard InChI is InChI=1S/C43H42ClN5O7/c1-23-10-11-25(40-46-37-24(2)35(17-28(19-45)38(37)56-40)49-14-12-27(22-49)43(52)53)15-32(23)33-18-36(31-9-5-4-8-30(31)33)55-41-34(44)16-29(39(47-41)54-3)21-48-13-6-7-26(20-48)42(50)51/h4-5,8-11,15-17,26-27,33,36H,6-7,12-14,18,20-22H2,1-3H3,(H,50,51)(H,52,53). The maximum atomic E-state index is 11.7. The molecular formula is C43H42ClN5O7.